The Kier molecular flexibility index (Phi) is 4.49. The number of likely N-dealkylation sites (tertiary alicyclic amines) is 1. The molecule has 1 heterocycles. The molecule has 1 saturated heterocycles. The average molecular weight is 254 g/mol. The van der Waals surface area contributed by atoms with Crippen LogP contribution in [0.3, 0.4) is 0 Å². The first-order chi connectivity index (χ1) is 8.63. The number of alkyl carbamates (subject to hydrolysis) is 1. The van der Waals surface area contributed by atoms with Crippen LogP contribution in [0.5, 0.6) is 0 Å². The zero-order valence-corrected chi connectivity index (χ0v) is 11.8. The summed E-state index contributed by atoms with van der Waals surface area (Å²) in [5, 5.41) is 2.98. The summed E-state index contributed by atoms with van der Waals surface area (Å²) in [5.74, 6) is 1.52. The van der Waals surface area contributed by atoms with E-state index in [0.717, 1.165) is 24.9 Å². The van der Waals surface area contributed by atoms with Crippen molar-refractivity contribution in [3.05, 3.63) is 0 Å². The summed E-state index contributed by atoms with van der Waals surface area (Å²) in [6.45, 7) is 6.77. The number of rotatable bonds is 3. The highest BCUT2D eigenvalue weighted by Gasteiger charge is 2.37. The summed E-state index contributed by atoms with van der Waals surface area (Å²) in [4.78, 5) is 13.9. The van der Waals surface area contributed by atoms with Crippen LogP contribution in [0.4, 0.5) is 4.79 Å². The number of hydrogen-bond acceptors (Lipinski definition) is 3. The van der Waals surface area contributed by atoms with Gasteiger partial charge in [-0.25, -0.2) is 4.79 Å². The molecule has 4 unspecified atom stereocenters. The molecule has 0 spiro atoms. The fourth-order valence-corrected chi connectivity index (χ4v) is 3.33. The minimum absolute atomic E-state index is 0.254. The first-order valence-corrected chi connectivity index (χ1v) is 7.22. The Morgan fingerprint density at radius 3 is 2.67 bits per heavy atom. The molecule has 0 aromatic rings. The van der Waals surface area contributed by atoms with Gasteiger partial charge in [0, 0.05) is 25.2 Å². The van der Waals surface area contributed by atoms with Gasteiger partial charge >= 0.3 is 6.09 Å². The van der Waals surface area contributed by atoms with Gasteiger partial charge in [-0.3, -0.25) is 4.90 Å². The lowest BCUT2D eigenvalue weighted by Gasteiger charge is -2.48. The third kappa shape index (κ3) is 2.97. The second-order valence-electron chi connectivity index (χ2n) is 5.92. The van der Waals surface area contributed by atoms with Crippen molar-refractivity contribution in [1.29, 1.82) is 0 Å². The highest BCUT2D eigenvalue weighted by Crippen LogP contribution is 2.34. The van der Waals surface area contributed by atoms with E-state index in [1.54, 1.807) is 0 Å². The molecule has 104 valence electrons. The maximum atomic E-state index is 11.3. The molecule has 4 atom stereocenters. The molecule has 0 bridgehead atoms. The molecule has 1 aliphatic carbocycles. The zero-order chi connectivity index (χ0) is 13.1. The van der Waals surface area contributed by atoms with Gasteiger partial charge in [-0.15, -0.1) is 0 Å². The predicted octanol–water partition coefficient (Wildman–Crippen LogP) is 2.24. The van der Waals surface area contributed by atoms with Crippen LogP contribution in [-0.2, 0) is 4.74 Å². The molecular weight excluding hydrogens is 228 g/mol. The number of hydrogen-bond donors (Lipinski definition) is 1. The lowest BCUT2D eigenvalue weighted by Crippen LogP contribution is -2.57. The van der Waals surface area contributed by atoms with Crippen LogP contribution in [0.15, 0.2) is 0 Å². The van der Waals surface area contributed by atoms with E-state index in [1.807, 2.05) is 0 Å². The molecule has 2 aliphatic rings. The lowest BCUT2D eigenvalue weighted by atomic mass is 9.78. The minimum atomic E-state index is -0.293. The van der Waals surface area contributed by atoms with Gasteiger partial charge in [-0.2, -0.15) is 0 Å². The van der Waals surface area contributed by atoms with E-state index in [1.165, 1.54) is 32.9 Å². The molecule has 4 heteroatoms. The molecule has 1 amide bonds. The Morgan fingerprint density at radius 2 is 2.17 bits per heavy atom. The molecular formula is C14H26N2O2. The number of nitrogens with one attached hydrogen (secondary N) is 1. The van der Waals surface area contributed by atoms with E-state index in [2.05, 4.69) is 24.1 Å². The number of amides is 1. The van der Waals surface area contributed by atoms with Crippen molar-refractivity contribution in [3.8, 4) is 0 Å². The van der Waals surface area contributed by atoms with Gasteiger partial charge in [0.15, 0.2) is 0 Å². The number of carbonyl (C=O) groups is 1. The van der Waals surface area contributed by atoms with Crippen LogP contribution in [0, 0.1) is 11.8 Å². The molecule has 0 aromatic carbocycles. The Morgan fingerprint density at radius 1 is 1.39 bits per heavy atom. The van der Waals surface area contributed by atoms with E-state index >= 15 is 0 Å². The largest absolute Gasteiger partial charge is 0.453 e. The second-order valence-corrected chi connectivity index (χ2v) is 5.92. The predicted molar refractivity (Wildman–Crippen MR) is 71.5 cm³/mol. The van der Waals surface area contributed by atoms with Gasteiger partial charge in [0.1, 0.15) is 0 Å². The third-order valence-corrected chi connectivity index (χ3v) is 4.69. The first-order valence-electron chi connectivity index (χ1n) is 7.22. The topological polar surface area (TPSA) is 41.6 Å². The molecule has 2 rings (SSSR count). The third-order valence-electron chi connectivity index (χ3n) is 4.69. The molecule has 1 aliphatic heterocycles. The molecule has 0 aromatic heterocycles. The van der Waals surface area contributed by atoms with Crippen LogP contribution in [-0.4, -0.2) is 43.3 Å². The number of carbonyl (C=O) groups excluding carboxylic acids is 1. The quantitative estimate of drug-likeness (QED) is 0.840. The summed E-state index contributed by atoms with van der Waals surface area (Å²) < 4.78 is 4.71. The Balaban J connectivity index is 1.93. The highest BCUT2D eigenvalue weighted by atomic mass is 16.5. The highest BCUT2D eigenvalue weighted by molar-refractivity contribution is 5.67. The monoisotopic (exact) mass is 254 g/mol. The molecule has 0 radical (unpaired) electrons. The summed E-state index contributed by atoms with van der Waals surface area (Å²) >= 11 is 0. The summed E-state index contributed by atoms with van der Waals surface area (Å²) in [6, 6.07) is 0.991. The zero-order valence-electron chi connectivity index (χ0n) is 11.8. The van der Waals surface area contributed by atoms with Crippen molar-refractivity contribution in [1.82, 2.24) is 10.2 Å². The van der Waals surface area contributed by atoms with E-state index in [-0.39, 0.29) is 12.1 Å². The van der Waals surface area contributed by atoms with E-state index in [9.17, 15) is 4.79 Å². The maximum absolute atomic E-state index is 11.3. The fourth-order valence-electron chi connectivity index (χ4n) is 3.33. The van der Waals surface area contributed by atoms with E-state index in [4.69, 9.17) is 4.74 Å². The van der Waals surface area contributed by atoms with Crippen molar-refractivity contribution < 1.29 is 9.53 Å². The van der Waals surface area contributed by atoms with Crippen molar-refractivity contribution >= 4 is 6.09 Å². The van der Waals surface area contributed by atoms with E-state index in [0.29, 0.717) is 5.92 Å². The Labute approximate surface area is 110 Å². The standard InChI is InChI=1S/C14H26N2O2/c1-4-11-7-12(15-14(17)18-3)9-16(8-11)13-6-5-10(13)2/h10-13H,4-9H2,1-3H3,(H,15,17). The number of nitrogens with zero attached hydrogens (tertiary/aromatic N) is 1. The van der Waals surface area contributed by atoms with Gasteiger partial charge in [0.25, 0.3) is 0 Å². The average Bonchev–Trinajstić information content (AvgIpc) is 2.36. The van der Waals surface area contributed by atoms with Crippen molar-refractivity contribution in [2.45, 2.75) is 51.6 Å². The van der Waals surface area contributed by atoms with Crippen molar-refractivity contribution in [2.24, 2.45) is 11.8 Å². The fraction of sp³-hybridized carbons (Fsp3) is 0.929. The van der Waals surface area contributed by atoms with Crippen molar-refractivity contribution in [2.75, 3.05) is 20.2 Å². The van der Waals surface area contributed by atoms with Crippen LogP contribution in [0.25, 0.3) is 0 Å². The van der Waals surface area contributed by atoms with E-state index < -0.39 is 0 Å². The van der Waals surface area contributed by atoms with Gasteiger partial charge in [-0.1, -0.05) is 20.3 Å². The number of ether oxygens (including phenoxy) is 1. The normalized spacial score (nSPS) is 36.8. The van der Waals surface area contributed by atoms with Gasteiger partial charge in [-0.05, 0) is 31.1 Å². The van der Waals surface area contributed by atoms with Crippen LogP contribution >= 0.6 is 0 Å². The molecule has 1 N–H and O–H groups in total. The van der Waals surface area contributed by atoms with Crippen LogP contribution < -0.4 is 5.32 Å². The SMILES string of the molecule is CCC1CC(NC(=O)OC)CN(C2CCC2C)C1. The minimum Gasteiger partial charge on any atom is -0.453 e. The molecule has 1 saturated carbocycles. The van der Waals surface area contributed by atoms with Gasteiger partial charge < -0.3 is 10.1 Å². The summed E-state index contributed by atoms with van der Waals surface area (Å²) in [7, 11) is 1.43. The Bertz CT molecular complexity index is 296. The number of piperidine rings is 1. The molecule has 4 nitrogen and oxygen atoms in total. The first kappa shape index (κ1) is 13.7. The number of methoxy groups -OCH3 is 1. The Hall–Kier alpha value is -0.770. The molecule has 18 heavy (non-hydrogen) atoms. The summed E-state index contributed by atoms with van der Waals surface area (Å²) in [6.07, 6.45) is 4.66. The maximum Gasteiger partial charge on any atom is 0.407 e. The lowest BCUT2D eigenvalue weighted by molar-refractivity contribution is 0.0221. The summed E-state index contributed by atoms with van der Waals surface area (Å²) in [5.41, 5.74) is 0. The van der Waals surface area contributed by atoms with Gasteiger partial charge in [0.2, 0.25) is 0 Å². The van der Waals surface area contributed by atoms with Crippen LogP contribution in [0.2, 0.25) is 0 Å². The molecule has 2 fully saturated rings. The smallest absolute Gasteiger partial charge is 0.407 e. The second kappa shape index (κ2) is 5.91. The van der Waals surface area contributed by atoms with Gasteiger partial charge in [0.05, 0.1) is 7.11 Å². The van der Waals surface area contributed by atoms with Crippen molar-refractivity contribution in [3.63, 3.8) is 0 Å². The van der Waals surface area contributed by atoms with Crippen LogP contribution in [0.1, 0.15) is 39.5 Å².